The van der Waals surface area contributed by atoms with E-state index in [2.05, 4.69) is 16.7 Å². The van der Waals surface area contributed by atoms with Crippen LogP contribution in [-0.4, -0.2) is 18.5 Å². The number of amides is 1. The molecule has 4 nitrogen and oxygen atoms in total. The predicted octanol–water partition coefficient (Wildman–Crippen LogP) is 2.27. The van der Waals surface area contributed by atoms with Crippen LogP contribution >= 0.6 is 0 Å². The molecule has 1 amide bonds. The van der Waals surface area contributed by atoms with Crippen LogP contribution in [0.2, 0.25) is 0 Å². The highest BCUT2D eigenvalue weighted by Gasteiger charge is 2.42. The first-order chi connectivity index (χ1) is 9.76. The first-order valence-electron chi connectivity index (χ1n) is 7.29. The summed E-state index contributed by atoms with van der Waals surface area (Å²) in [6.07, 6.45) is 5.07. The molecule has 0 bridgehead atoms. The van der Waals surface area contributed by atoms with E-state index in [-0.39, 0.29) is 5.91 Å². The van der Waals surface area contributed by atoms with Crippen LogP contribution in [0.5, 0.6) is 0 Å². The Morgan fingerprint density at radius 2 is 1.80 bits per heavy atom. The van der Waals surface area contributed by atoms with E-state index >= 15 is 0 Å². The maximum atomic E-state index is 12.0. The molecule has 2 saturated carbocycles. The van der Waals surface area contributed by atoms with Crippen LogP contribution < -0.4 is 10.6 Å². The fourth-order valence-electron chi connectivity index (χ4n) is 2.61. The van der Waals surface area contributed by atoms with Crippen LogP contribution in [0.15, 0.2) is 24.3 Å². The zero-order valence-electron chi connectivity index (χ0n) is 11.4. The molecule has 0 radical (unpaired) electrons. The molecule has 0 heterocycles. The van der Waals surface area contributed by atoms with E-state index in [0.717, 1.165) is 17.5 Å². The molecule has 20 heavy (non-hydrogen) atoms. The summed E-state index contributed by atoms with van der Waals surface area (Å²) in [5, 5.41) is 15.0. The molecule has 4 heteroatoms. The largest absolute Gasteiger partial charge is 0.376 e. The number of rotatable bonds is 6. The van der Waals surface area contributed by atoms with Crippen molar-refractivity contribution >= 4 is 11.6 Å². The molecule has 0 aromatic heterocycles. The number of hydrogen-bond acceptors (Lipinski definition) is 3. The predicted molar refractivity (Wildman–Crippen MR) is 77.0 cm³/mol. The van der Waals surface area contributed by atoms with Gasteiger partial charge < -0.3 is 10.6 Å². The number of nitrogens with one attached hydrogen (secondary N) is 2. The van der Waals surface area contributed by atoms with Gasteiger partial charge in [-0.05, 0) is 61.8 Å². The zero-order chi connectivity index (χ0) is 13.9. The molecule has 2 fully saturated rings. The van der Waals surface area contributed by atoms with E-state index in [1.165, 1.54) is 25.7 Å². The SMILES string of the molecule is N#Cc1ccc(NCC(=O)NC(C2CC2)C2CC2)cc1. The Labute approximate surface area is 119 Å². The average Bonchev–Trinajstić information content (AvgIpc) is 3.36. The third-order valence-electron chi connectivity index (χ3n) is 4.05. The lowest BCUT2D eigenvalue weighted by atomic mass is 10.1. The fraction of sp³-hybridized carbons (Fsp3) is 0.500. The Hall–Kier alpha value is -2.02. The van der Waals surface area contributed by atoms with Crippen molar-refractivity contribution in [2.75, 3.05) is 11.9 Å². The van der Waals surface area contributed by atoms with Gasteiger partial charge in [-0.25, -0.2) is 0 Å². The van der Waals surface area contributed by atoms with Crippen LogP contribution in [-0.2, 0) is 4.79 Å². The van der Waals surface area contributed by atoms with E-state index in [1.807, 2.05) is 12.1 Å². The summed E-state index contributed by atoms with van der Waals surface area (Å²) in [6.45, 7) is 0.293. The van der Waals surface area contributed by atoms with Gasteiger partial charge in [0.05, 0.1) is 18.2 Å². The Balaban J connectivity index is 1.47. The van der Waals surface area contributed by atoms with Gasteiger partial charge in [0.25, 0.3) is 0 Å². The lowest BCUT2D eigenvalue weighted by molar-refractivity contribution is -0.120. The lowest BCUT2D eigenvalue weighted by Crippen LogP contribution is -2.41. The fourth-order valence-corrected chi connectivity index (χ4v) is 2.61. The Kier molecular flexibility index (Phi) is 3.60. The molecule has 3 rings (SSSR count). The van der Waals surface area contributed by atoms with Gasteiger partial charge in [-0.2, -0.15) is 5.26 Å². The Morgan fingerprint density at radius 1 is 1.20 bits per heavy atom. The van der Waals surface area contributed by atoms with E-state index < -0.39 is 0 Å². The average molecular weight is 269 g/mol. The van der Waals surface area contributed by atoms with Crippen molar-refractivity contribution in [2.24, 2.45) is 11.8 Å². The molecule has 0 atom stereocenters. The number of carbonyl (C=O) groups is 1. The van der Waals surface area contributed by atoms with Crippen LogP contribution in [0.25, 0.3) is 0 Å². The molecule has 2 N–H and O–H groups in total. The highest BCUT2D eigenvalue weighted by atomic mass is 16.2. The molecule has 1 aromatic rings. The van der Waals surface area contributed by atoms with E-state index in [0.29, 0.717) is 18.2 Å². The molecule has 2 aliphatic rings. The molecule has 2 aliphatic carbocycles. The standard InChI is InChI=1S/C16H19N3O/c17-9-11-1-7-14(8-2-11)18-10-15(20)19-16(12-3-4-12)13-5-6-13/h1-2,7-8,12-13,16,18H,3-6,10H2,(H,19,20). The first-order valence-corrected chi connectivity index (χ1v) is 7.29. The maximum Gasteiger partial charge on any atom is 0.239 e. The summed E-state index contributed by atoms with van der Waals surface area (Å²) >= 11 is 0. The van der Waals surface area contributed by atoms with E-state index in [1.54, 1.807) is 12.1 Å². The minimum Gasteiger partial charge on any atom is -0.376 e. The first kappa shape index (κ1) is 13.0. The Bertz CT molecular complexity index is 512. The van der Waals surface area contributed by atoms with Gasteiger partial charge in [-0.1, -0.05) is 0 Å². The van der Waals surface area contributed by atoms with Crippen LogP contribution in [0.4, 0.5) is 5.69 Å². The maximum absolute atomic E-state index is 12.0. The quantitative estimate of drug-likeness (QED) is 0.832. The van der Waals surface area contributed by atoms with Gasteiger partial charge in [-0.15, -0.1) is 0 Å². The summed E-state index contributed by atoms with van der Waals surface area (Å²) in [5.41, 5.74) is 1.50. The van der Waals surface area contributed by atoms with Crippen molar-refractivity contribution in [1.29, 1.82) is 5.26 Å². The topological polar surface area (TPSA) is 64.9 Å². The second-order valence-corrected chi connectivity index (χ2v) is 5.81. The number of hydrogen-bond donors (Lipinski definition) is 2. The summed E-state index contributed by atoms with van der Waals surface area (Å²) < 4.78 is 0. The number of carbonyl (C=O) groups excluding carboxylic acids is 1. The summed E-state index contributed by atoms with van der Waals surface area (Å²) in [4.78, 5) is 12.0. The van der Waals surface area contributed by atoms with Gasteiger partial charge in [0, 0.05) is 11.7 Å². The highest BCUT2D eigenvalue weighted by molar-refractivity contribution is 5.81. The van der Waals surface area contributed by atoms with Crippen molar-refractivity contribution < 1.29 is 4.79 Å². The highest BCUT2D eigenvalue weighted by Crippen LogP contribution is 2.44. The Morgan fingerprint density at radius 3 is 2.30 bits per heavy atom. The molecule has 0 saturated heterocycles. The smallest absolute Gasteiger partial charge is 0.239 e. The monoisotopic (exact) mass is 269 g/mol. The molecular weight excluding hydrogens is 250 g/mol. The second kappa shape index (κ2) is 5.54. The van der Waals surface area contributed by atoms with E-state index in [4.69, 9.17) is 5.26 Å². The number of anilines is 1. The molecular formula is C16H19N3O. The number of nitriles is 1. The molecule has 0 spiro atoms. The normalized spacial score (nSPS) is 17.6. The minimum absolute atomic E-state index is 0.0677. The van der Waals surface area contributed by atoms with Crippen LogP contribution in [0, 0.1) is 23.2 Å². The molecule has 0 unspecified atom stereocenters. The minimum atomic E-state index is 0.0677. The third-order valence-corrected chi connectivity index (χ3v) is 4.05. The summed E-state index contributed by atoms with van der Waals surface area (Å²) in [5.74, 6) is 1.51. The van der Waals surface area contributed by atoms with Gasteiger partial charge in [-0.3, -0.25) is 4.79 Å². The second-order valence-electron chi connectivity index (χ2n) is 5.81. The summed E-state index contributed by atoms with van der Waals surface area (Å²) in [6, 6.07) is 9.63. The number of nitrogens with zero attached hydrogens (tertiary/aromatic N) is 1. The molecule has 104 valence electrons. The van der Waals surface area contributed by atoms with Crippen LogP contribution in [0.1, 0.15) is 31.2 Å². The van der Waals surface area contributed by atoms with Crippen molar-refractivity contribution in [3.63, 3.8) is 0 Å². The molecule has 0 aliphatic heterocycles. The van der Waals surface area contributed by atoms with Gasteiger partial charge in [0.1, 0.15) is 0 Å². The van der Waals surface area contributed by atoms with Crippen molar-refractivity contribution in [1.82, 2.24) is 5.32 Å². The summed E-state index contributed by atoms with van der Waals surface area (Å²) in [7, 11) is 0. The van der Waals surface area contributed by atoms with Crippen LogP contribution in [0.3, 0.4) is 0 Å². The van der Waals surface area contributed by atoms with Gasteiger partial charge in [0.15, 0.2) is 0 Å². The van der Waals surface area contributed by atoms with Gasteiger partial charge >= 0.3 is 0 Å². The lowest BCUT2D eigenvalue weighted by Gasteiger charge is -2.18. The van der Waals surface area contributed by atoms with Crippen molar-refractivity contribution in [3.8, 4) is 6.07 Å². The van der Waals surface area contributed by atoms with Gasteiger partial charge in [0.2, 0.25) is 5.91 Å². The van der Waals surface area contributed by atoms with Crippen molar-refractivity contribution in [3.05, 3.63) is 29.8 Å². The van der Waals surface area contributed by atoms with E-state index in [9.17, 15) is 4.79 Å². The molecule has 1 aromatic carbocycles. The zero-order valence-corrected chi connectivity index (χ0v) is 11.4. The number of benzene rings is 1. The third kappa shape index (κ3) is 3.30. The van der Waals surface area contributed by atoms with Crippen molar-refractivity contribution in [2.45, 2.75) is 31.7 Å².